The normalized spacial score (nSPS) is 51.0. The lowest BCUT2D eigenvalue weighted by molar-refractivity contribution is -0.394. The van der Waals surface area contributed by atoms with Crippen LogP contribution in [0.1, 0.15) is 0 Å². The summed E-state index contributed by atoms with van der Waals surface area (Å²) in [5, 5.41) is 172. The molecular weight excluding hydrogens is 976 g/mol. The van der Waals surface area contributed by atoms with Gasteiger partial charge >= 0.3 is 0 Å². The van der Waals surface area contributed by atoms with E-state index in [4.69, 9.17) is 71.1 Å². The van der Waals surface area contributed by atoms with Gasteiger partial charge in [-0.3, -0.25) is 0 Å². The number of ether oxygens (including phenoxy) is 15. The van der Waals surface area contributed by atoms with Crippen LogP contribution in [0, 0.1) is 0 Å². The lowest BCUT2D eigenvalue weighted by atomic mass is 9.95. The SMILES string of the molecule is COCC1OC(O[C@H]2[C@H](O)C(COC3OC(CO)[C@@H](OC)[C@H](O)[C@@H]3O)OC(OCC3OC(O[C@@H]4[C@H](O)C(O)OC(CO)[C@H]4O)[C@@H](O)[C@@H](O)[C@@H]3OC)[C@H]2O)[C@@H](OC2OC(CO)[C@@H](O)[C@H](O)[C@@H]2OC)[C@@H](O)[C@@H]1O. The predicted octanol–water partition coefficient (Wildman–Crippen LogP) is -11.5. The van der Waals surface area contributed by atoms with Crippen molar-refractivity contribution in [1.82, 2.24) is 0 Å². The van der Waals surface area contributed by atoms with Gasteiger partial charge in [0.25, 0.3) is 0 Å². The summed E-state index contributed by atoms with van der Waals surface area (Å²) < 4.78 is 84.6. The molecule has 416 valence electrons. The highest BCUT2D eigenvalue weighted by Crippen LogP contribution is 2.36. The van der Waals surface area contributed by atoms with Crippen molar-refractivity contribution in [3.05, 3.63) is 0 Å². The third kappa shape index (κ3) is 12.6. The summed E-state index contributed by atoms with van der Waals surface area (Å²) in [7, 11) is 4.71. The molecule has 31 nitrogen and oxygen atoms in total. The van der Waals surface area contributed by atoms with Crippen LogP contribution in [0.5, 0.6) is 0 Å². The van der Waals surface area contributed by atoms with Crippen molar-refractivity contribution in [3.8, 4) is 0 Å². The topological polar surface area (TPSA) is 462 Å². The van der Waals surface area contributed by atoms with Gasteiger partial charge in [-0.2, -0.15) is 0 Å². The second-order valence-corrected chi connectivity index (χ2v) is 17.7. The van der Waals surface area contributed by atoms with Crippen molar-refractivity contribution in [2.75, 3.05) is 68.1 Å². The number of rotatable bonds is 20. The molecular formula is C40H70O31. The predicted molar refractivity (Wildman–Crippen MR) is 218 cm³/mol. The minimum atomic E-state index is -2.11. The Morgan fingerprint density at radius 1 is 0.296 bits per heavy atom. The van der Waals surface area contributed by atoms with Gasteiger partial charge in [0, 0.05) is 28.4 Å². The summed E-state index contributed by atoms with van der Waals surface area (Å²) in [6.07, 6.45) is -51.9. The summed E-state index contributed by atoms with van der Waals surface area (Å²) in [6, 6.07) is 0. The van der Waals surface area contributed by atoms with E-state index in [2.05, 4.69) is 0 Å². The molecule has 0 amide bonds. The van der Waals surface area contributed by atoms with Crippen LogP contribution in [-0.4, -0.2) is 334 Å². The summed E-state index contributed by atoms with van der Waals surface area (Å²) in [6.45, 7) is -4.24. The maximum absolute atomic E-state index is 11.9. The Hall–Kier alpha value is -1.24. The quantitative estimate of drug-likeness (QED) is 0.0538. The Bertz CT molecular complexity index is 1580. The smallest absolute Gasteiger partial charge is 0.187 e. The Morgan fingerprint density at radius 2 is 0.676 bits per heavy atom. The Balaban J connectivity index is 1.28. The summed E-state index contributed by atoms with van der Waals surface area (Å²) in [5.74, 6) is 0. The van der Waals surface area contributed by atoms with E-state index in [9.17, 15) is 81.7 Å². The Kier molecular flexibility index (Phi) is 21.8. The van der Waals surface area contributed by atoms with E-state index in [1.54, 1.807) is 0 Å². The van der Waals surface area contributed by atoms with E-state index in [1.807, 2.05) is 0 Å². The second kappa shape index (κ2) is 26.2. The van der Waals surface area contributed by atoms with Crippen molar-refractivity contribution in [1.29, 1.82) is 0 Å². The second-order valence-electron chi connectivity index (χ2n) is 17.7. The van der Waals surface area contributed by atoms with E-state index in [1.165, 1.54) is 14.2 Å². The molecule has 30 atom stereocenters. The van der Waals surface area contributed by atoms with Gasteiger partial charge in [0.1, 0.15) is 146 Å². The first kappa shape index (κ1) is 59.0. The molecule has 71 heavy (non-hydrogen) atoms. The van der Waals surface area contributed by atoms with Crippen LogP contribution >= 0.6 is 0 Å². The largest absolute Gasteiger partial charge is 0.394 e. The van der Waals surface area contributed by atoms with Gasteiger partial charge in [-0.25, -0.2) is 0 Å². The third-order valence-electron chi connectivity index (χ3n) is 13.3. The number of methoxy groups -OCH3 is 4. The molecule has 6 heterocycles. The lowest BCUT2D eigenvalue weighted by Crippen LogP contribution is -2.67. The van der Waals surface area contributed by atoms with Gasteiger partial charge in [0.05, 0.1) is 39.6 Å². The van der Waals surface area contributed by atoms with Crippen molar-refractivity contribution >= 4 is 0 Å². The molecule has 0 radical (unpaired) electrons. The average Bonchev–Trinajstić information content (AvgIpc) is 3.35. The molecule has 0 aromatic carbocycles. The molecule has 16 N–H and O–H groups in total. The molecule has 12 unspecified atom stereocenters. The molecule has 31 heteroatoms. The molecule has 6 fully saturated rings. The Morgan fingerprint density at radius 3 is 1.27 bits per heavy atom. The lowest BCUT2D eigenvalue weighted by Gasteiger charge is -2.49. The standard InChI is InChI=1S/C40H70O31/c1-57-8-14-18(45)22(49)34(71-39-33(60-4)21(48)17(44)11(5-41)64-39)40(67-14)70-32-20(47)15(9-61-36-25(52)23(50)29(58-2)13(7-43)65-36)66-37(28(32)55)62-10-16-30(59-3)24(51)26(53)38(68-16)69-31-19(46)12(6-42)63-35(56)27(31)54/h11-56H,5-10H2,1-4H3/t11?,12?,13?,14?,15?,16?,17-,18-,19-,20-,21+,22+,23-,24-,25+,26+,27+,28+,29-,30-,31+,32+,33+,34+,35?,36?,37?,38?,39?,40?/m1/s1. The molecule has 0 aromatic rings. The molecule has 0 spiro atoms. The minimum Gasteiger partial charge on any atom is -0.394 e. The third-order valence-corrected chi connectivity index (χ3v) is 13.3. The zero-order chi connectivity index (χ0) is 52.2. The van der Waals surface area contributed by atoms with E-state index in [0.29, 0.717) is 0 Å². The molecule has 0 aromatic heterocycles. The zero-order valence-corrected chi connectivity index (χ0v) is 38.8. The van der Waals surface area contributed by atoms with Crippen LogP contribution in [0.4, 0.5) is 0 Å². The fourth-order valence-corrected chi connectivity index (χ4v) is 9.21. The van der Waals surface area contributed by atoms with Crippen molar-refractivity contribution in [2.24, 2.45) is 0 Å². The van der Waals surface area contributed by atoms with Crippen LogP contribution in [0.2, 0.25) is 0 Å². The van der Waals surface area contributed by atoms with Crippen LogP contribution in [0.15, 0.2) is 0 Å². The van der Waals surface area contributed by atoms with E-state index < -0.39 is 217 Å². The molecule has 6 saturated heterocycles. The van der Waals surface area contributed by atoms with Gasteiger partial charge in [-0.1, -0.05) is 0 Å². The van der Waals surface area contributed by atoms with Crippen molar-refractivity contribution in [2.45, 2.75) is 184 Å². The molecule has 6 aliphatic heterocycles. The summed E-state index contributed by atoms with van der Waals surface area (Å²) in [4.78, 5) is 0. The van der Waals surface area contributed by atoms with Gasteiger partial charge in [0.2, 0.25) is 0 Å². The minimum absolute atomic E-state index is 0.374. The highest BCUT2D eigenvalue weighted by atomic mass is 16.8. The monoisotopic (exact) mass is 1050 g/mol. The summed E-state index contributed by atoms with van der Waals surface area (Å²) >= 11 is 0. The average molecular weight is 1050 g/mol. The van der Waals surface area contributed by atoms with Crippen LogP contribution in [0.25, 0.3) is 0 Å². The number of aliphatic hydroxyl groups is 16. The molecule has 0 saturated carbocycles. The van der Waals surface area contributed by atoms with Crippen LogP contribution in [0.3, 0.4) is 0 Å². The van der Waals surface area contributed by atoms with E-state index >= 15 is 0 Å². The molecule has 0 aliphatic carbocycles. The van der Waals surface area contributed by atoms with Gasteiger partial charge < -0.3 is 153 Å². The highest BCUT2D eigenvalue weighted by molar-refractivity contribution is 4.99. The highest BCUT2D eigenvalue weighted by Gasteiger charge is 2.57. The first-order valence-corrected chi connectivity index (χ1v) is 22.7. The molecule has 0 bridgehead atoms. The van der Waals surface area contributed by atoms with Crippen LogP contribution < -0.4 is 0 Å². The number of hydrogen-bond donors (Lipinski definition) is 16. The molecule has 6 aliphatic rings. The maximum Gasteiger partial charge on any atom is 0.187 e. The first-order valence-electron chi connectivity index (χ1n) is 22.7. The zero-order valence-electron chi connectivity index (χ0n) is 38.8. The van der Waals surface area contributed by atoms with Gasteiger partial charge in [-0.15, -0.1) is 0 Å². The van der Waals surface area contributed by atoms with E-state index in [0.717, 1.165) is 14.2 Å². The van der Waals surface area contributed by atoms with Gasteiger partial charge in [0.15, 0.2) is 37.7 Å². The van der Waals surface area contributed by atoms with Crippen LogP contribution in [-0.2, 0) is 71.1 Å². The van der Waals surface area contributed by atoms with Gasteiger partial charge in [-0.05, 0) is 0 Å². The summed E-state index contributed by atoms with van der Waals surface area (Å²) in [5.41, 5.74) is 0. The fraction of sp³-hybridized carbons (Fsp3) is 1.00. The maximum atomic E-state index is 11.9. The van der Waals surface area contributed by atoms with Crippen molar-refractivity contribution in [3.63, 3.8) is 0 Å². The Labute approximate surface area is 404 Å². The number of aliphatic hydroxyl groups excluding tert-OH is 16. The molecule has 6 rings (SSSR count). The van der Waals surface area contributed by atoms with Crippen molar-refractivity contribution < 1.29 is 153 Å². The first-order chi connectivity index (χ1) is 33.8. The van der Waals surface area contributed by atoms with E-state index in [-0.39, 0.29) is 6.61 Å². The fourth-order valence-electron chi connectivity index (χ4n) is 9.21. The number of hydrogen-bond acceptors (Lipinski definition) is 31.